The van der Waals surface area contributed by atoms with Crippen molar-refractivity contribution in [2.45, 2.75) is 70.1 Å². The van der Waals surface area contributed by atoms with E-state index in [0.717, 1.165) is 61.0 Å². The summed E-state index contributed by atoms with van der Waals surface area (Å²) in [5, 5.41) is 22.9. The highest BCUT2D eigenvalue weighted by Gasteiger charge is 2.28. The Hall–Kier alpha value is -2.98. The zero-order valence-corrected chi connectivity index (χ0v) is 20.7. The van der Waals surface area contributed by atoms with E-state index in [2.05, 4.69) is 27.7 Å². The number of methoxy groups -OCH3 is 1. The maximum Gasteiger partial charge on any atom is 0.241 e. The average Bonchev–Trinajstić information content (AvgIpc) is 3.58. The molecule has 1 saturated carbocycles. The molecule has 2 fully saturated rings. The maximum absolute atomic E-state index is 11.8. The van der Waals surface area contributed by atoms with Crippen LogP contribution < -0.4 is 5.32 Å². The summed E-state index contributed by atoms with van der Waals surface area (Å²) < 4.78 is 9.24. The third-order valence-electron chi connectivity index (χ3n) is 7.35. The Labute approximate surface area is 205 Å². The van der Waals surface area contributed by atoms with Gasteiger partial charge in [-0.15, -0.1) is 5.10 Å². The fraction of sp³-hybridized carbons (Fsp3) is 0.600. The van der Waals surface area contributed by atoms with E-state index in [1.807, 2.05) is 33.4 Å². The quantitative estimate of drug-likeness (QED) is 0.534. The van der Waals surface area contributed by atoms with Gasteiger partial charge in [-0.1, -0.05) is 0 Å². The largest absolute Gasteiger partial charge is 0.393 e. The predicted molar refractivity (Wildman–Crippen MR) is 132 cm³/mol. The molecule has 35 heavy (non-hydrogen) atoms. The van der Waals surface area contributed by atoms with E-state index in [1.165, 1.54) is 0 Å². The molecule has 188 valence electrons. The number of anilines is 1. The number of hydrogen-bond donors (Lipinski definition) is 2. The molecule has 0 bridgehead atoms. The summed E-state index contributed by atoms with van der Waals surface area (Å²) in [7, 11) is 1.68. The van der Waals surface area contributed by atoms with Gasteiger partial charge in [0.25, 0.3) is 0 Å². The number of hydrogen-bond acceptors (Lipinski definition) is 7. The van der Waals surface area contributed by atoms with Crippen LogP contribution in [0.5, 0.6) is 0 Å². The van der Waals surface area contributed by atoms with Crippen LogP contribution >= 0.6 is 0 Å². The zero-order valence-electron chi connectivity index (χ0n) is 20.7. The van der Waals surface area contributed by atoms with Crippen molar-refractivity contribution in [1.82, 2.24) is 29.3 Å². The normalized spacial score (nSPS) is 23.7. The van der Waals surface area contributed by atoms with E-state index in [0.29, 0.717) is 25.0 Å². The van der Waals surface area contributed by atoms with Gasteiger partial charge in [-0.05, 0) is 45.1 Å². The summed E-state index contributed by atoms with van der Waals surface area (Å²) in [5.74, 6) is 1.00. The molecule has 1 amide bonds. The number of ether oxygens (including phenoxy) is 1. The molecule has 2 atom stereocenters. The summed E-state index contributed by atoms with van der Waals surface area (Å²) in [4.78, 5) is 18.2. The van der Waals surface area contributed by atoms with Gasteiger partial charge in [0, 0.05) is 62.1 Å². The van der Waals surface area contributed by atoms with Crippen LogP contribution in [0.4, 0.5) is 5.95 Å². The van der Waals surface area contributed by atoms with E-state index >= 15 is 0 Å². The number of aliphatic hydroxyl groups excluding tert-OH is 1. The maximum atomic E-state index is 11.8. The fourth-order valence-electron chi connectivity index (χ4n) is 5.41. The minimum absolute atomic E-state index is 0.0833. The molecule has 10 nitrogen and oxygen atoms in total. The lowest BCUT2D eigenvalue weighted by Crippen LogP contribution is -2.26. The molecular weight excluding hydrogens is 446 g/mol. The Morgan fingerprint density at radius 2 is 2.06 bits per heavy atom. The van der Waals surface area contributed by atoms with E-state index < -0.39 is 0 Å². The van der Waals surface area contributed by atoms with Gasteiger partial charge >= 0.3 is 0 Å². The minimum Gasteiger partial charge on any atom is -0.393 e. The van der Waals surface area contributed by atoms with E-state index in [1.54, 1.807) is 14.0 Å². The van der Waals surface area contributed by atoms with Crippen LogP contribution in [-0.2, 0) is 9.53 Å². The molecule has 0 radical (unpaired) electrons. The van der Waals surface area contributed by atoms with Gasteiger partial charge in [0.1, 0.15) is 0 Å². The topological polar surface area (TPSA) is 110 Å². The number of carbonyl (C=O) groups excluding carboxylic acids is 1. The van der Waals surface area contributed by atoms with Crippen molar-refractivity contribution in [2.24, 2.45) is 0 Å². The SMILES string of the molecule is COC[C@H](C)Nc1ncc2c(-c3cnn([C@H]4CCN(C(C)=O)C4)c3)cc([C@H]3CC[C@H](O)CC3)n2n1. The number of aliphatic hydroxyl groups is 1. The van der Waals surface area contributed by atoms with Crippen LogP contribution in [0.25, 0.3) is 16.6 Å². The van der Waals surface area contributed by atoms with Crippen molar-refractivity contribution >= 4 is 17.4 Å². The van der Waals surface area contributed by atoms with Crippen molar-refractivity contribution < 1.29 is 14.6 Å². The second kappa shape index (κ2) is 9.94. The highest BCUT2D eigenvalue weighted by atomic mass is 16.5. The summed E-state index contributed by atoms with van der Waals surface area (Å²) in [6.07, 6.45) is 10.0. The molecular formula is C25H35N7O3. The van der Waals surface area contributed by atoms with Crippen molar-refractivity contribution in [3.8, 4) is 11.1 Å². The third-order valence-corrected chi connectivity index (χ3v) is 7.35. The molecule has 1 saturated heterocycles. The van der Waals surface area contributed by atoms with Gasteiger partial charge in [0.05, 0.1) is 36.7 Å². The first-order chi connectivity index (χ1) is 16.9. The first-order valence-corrected chi connectivity index (χ1v) is 12.5. The lowest BCUT2D eigenvalue weighted by Gasteiger charge is -2.25. The van der Waals surface area contributed by atoms with Crippen molar-refractivity contribution in [3.05, 3.63) is 30.4 Å². The number of nitrogens with zero attached hydrogens (tertiary/aromatic N) is 6. The van der Waals surface area contributed by atoms with Crippen molar-refractivity contribution in [3.63, 3.8) is 0 Å². The minimum atomic E-state index is -0.210. The lowest BCUT2D eigenvalue weighted by molar-refractivity contribution is -0.127. The monoisotopic (exact) mass is 481 g/mol. The van der Waals surface area contributed by atoms with Crippen LogP contribution in [0.2, 0.25) is 0 Å². The summed E-state index contributed by atoms with van der Waals surface area (Å²) in [6, 6.07) is 2.49. The number of amides is 1. The smallest absolute Gasteiger partial charge is 0.241 e. The second-order valence-electron chi connectivity index (χ2n) is 9.98. The summed E-state index contributed by atoms with van der Waals surface area (Å²) in [5.41, 5.74) is 4.15. The Morgan fingerprint density at radius 3 is 2.77 bits per heavy atom. The molecule has 1 aliphatic heterocycles. The number of rotatable bonds is 7. The Bertz CT molecular complexity index is 1180. The standard InChI is InChI=1S/C25H35N7O3/c1-16(15-35-3)28-25-26-12-24-22(10-23(32(24)29-25)18-4-6-21(34)7-5-18)19-11-27-31(13-19)20-8-9-30(14-20)17(2)33/h10-13,16,18,20-21,34H,4-9,14-15H2,1-3H3,(H,28,29)/t16-,18-,20-,21-/m0/s1. The molecule has 1 aliphatic carbocycles. The van der Waals surface area contributed by atoms with Crippen LogP contribution in [0.3, 0.4) is 0 Å². The molecule has 2 N–H and O–H groups in total. The van der Waals surface area contributed by atoms with Crippen LogP contribution in [0.1, 0.15) is 63.6 Å². The Kier molecular flexibility index (Phi) is 6.75. The van der Waals surface area contributed by atoms with E-state index in [9.17, 15) is 9.90 Å². The van der Waals surface area contributed by atoms with Crippen LogP contribution in [0.15, 0.2) is 24.7 Å². The van der Waals surface area contributed by atoms with Crippen molar-refractivity contribution in [1.29, 1.82) is 0 Å². The average molecular weight is 482 g/mol. The van der Waals surface area contributed by atoms with E-state index in [4.69, 9.17) is 9.84 Å². The molecule has 0 aromatic carbocycles. The summed E-state index contributed by atoms with van der Waals surface area (Å²) in [6.45, 7) is 5.68. The fourth-order valence-corrected chi connectivity index (χ4v) is 5.41. The first kappa shape index (κ1) is 23.7. The molecule has 3 aromatic rings. The van der Waals surface area contributed by atoms with Crippen LogP contribution in [-0.4, -0.2) is 79.2 Å². The Balaban J connectivity index is 1.48. The second-order valence-corrected chi connectivity index (χ2v) is 9.98. The summed E-state index contributed by atoms with van der Waals surface area (Å²) >= 11 is 0. The molecule has 0 unspecified atom stereocenters. The van der Waals surface area contributed by atoms with Gasteiger partial charge < -0.3 is 20.1 Å². The lowest BCUT2D eigenvalue weighted by atomic mass is 9.85. The van der Waals surface area contributed by atoms with Gasteiger partial charge in [-0.25, -0.2) is 9.50 Å². The zero-order chi connectivity index (χ0) is 24.5. The first-order valence-electron chi connectivity index (χ1n) is 12.5. The number of carbonyl (C=O) groups is 1. The molecule has 3 aromatic heterocycles. The van der Waals surface area contributed by atoms with Crippen LogP contribution in [0, 0.1) is 0 Å². The number of nitrogens with one attached hydrogen (secondary N) is 1. The highest BCUT2D eigenvalue weighted by Crippen LogP contribution is 2.38. The molecule has 2 aliphatic rings. The number of aromatic nitrogens is 5. The molecule has 4 heterocycles. The molecule has 0 spiro atoms. The van der Waals surface area contributed by atoms with Crippen molar-refractivity contribution in [2.75, 3.05) is 32.1 Å². The van der Waals surface area contributed by atoms with E-state index in [-0.39, 0.29) is 24.1 Å². The Morgan fingerprint density at radius 1 is 1.26 bits per heavy atom. The highest BCUT2D eigenvalue weighted by molar-refractivity contribution is 5.81. The number of fused-ring (bicyclic) bond motifs is 1. The van der Waals surface area contributed by atoms with Gasteiger partial charge in [-0.2, -0.15) is 5.10 Å². The van der Waals surface area contributed by atoms with Gasteiger partial charge in [0.2, 0.25) is 11.9 Å². The molecule has 10 heteroatoms. The number of likely N-dealkylation sites (tertiary alicyclic amines) is 1. The van der Waals surface area contributed by atoms with Gasteiger partial charge in [-0.3, -0.25) is 9.48 Å². The molecule has 5 rings (SSSR count). The van der Waals surface area contributed by atoms with Gasteiger partial charge in [0.15, 0.2) is 0 Å². The third kappa shape index (κ3) is 4.90. The predicted octanol–water partition coefficient (Wildman–Crippen LogP) is 2.85.